The Labute approximate surface area is 129 Å². The molecule has 0 heterocycles. The molecular weight excluding hydrogens is 268 g/mol. The number of amides is 2. The van der Waals surface area contributed by atoms with Crippen LogP contribution in [0, 0.1) is 0 Å². The summed E-state index contributed by atoms with van der Waals surface area (Å²) in [6.07, 6.45) is 2.87. The topological polar surface area (TPSA) is 60.9 Å². The Morgan fingerprint density at radius 2 is 1.71 bits per heavy atom. The van der Waals surface area contributed by atoms with Gasteiger partial charge >= 0.3 is 12.0 Å². The molecule has 0 fully saturated rings. The summed E-state index contributed by atoms with van der Waals surface area (Å²) in [5.41, 5.74) is -0.384. The Morgan fingerprint density at radius 1 is 1.14 bits per heavy atom. The van der Waals surface area contributed by atoms with Crippen molar-refractivity contribution in [2.45, 2.75) is 78.8 Å². The van der Waals surface area contributed by atoms with Crippen molar-refractivity contribution in [2.24, 2.45) is 0 Å². The second kappa shape index (κ2) is 8.90. The highest BCUT2D eigenvalue weighted by molar-refractivity contribution is 5.76. The summed E-state index contributed by atoms with van der Waals surface area (Å²) in [7, 11) is 0. The summed E-state index contributed by atoms with van der Waals surface area (Å²) in [6, 6.07) is 0.116. The Balaban J connectivity index is 5.13. The van der Waals surface area contributed by atoms with E-state index in [0.29, 0.717) is 0 Å². The van der Waals surface area contributed by atoms with E-state index < -0.39 is 5.97 Å². The van der Waals surface area contributed by atoms with Crippen molar-refractivity contribution in [3.8, 4) is 0 Å². The van der Waals surface area contributed by atoms with Crippen molar-refractivity contribution >= 4 is 12.0 Å². The molecule has 0 rings (SSSR count). The highest BCUT2D eigenvalue weighted by Crippen LogP contribution is 2.19. The minimum absolute atomic E-state index is 0.0227. The summed E-state index contributed by atoms with van der Waals surface area (Å²) in [4.78, 5) is 27.3. The third kappa shape index (κ3) is 6.82. The van der Waals surface area contributed by atoms with Crippen molar-refractivity contribution in [3.05, 3.63) is 0 Å². The van der Waals surface area contributed by atoms with Gasteiger partial charge in [0.1, 0.15) is 0 Å². The van der Waals surface area contributed by atoms with Crippen molar-refractivity contribution < 1.29 is 14.7 Å². The molecule has 0 saturated carbocycles. The van der Waals surface area contributed by atoms with E-state index in [9.17, 15) is 9.59 Å². The number of nitrogens with zero attached hydrogens (tertiary/aromatic N) is 2. The molecule has 0 aliphatic heterocycles. The van der Waals surface area contributed by atoms with Gasteiger partial charge in [-0.15, -0.1) is 0 Å². The molecule has 0 aromatic carbocycles. The zero-order valence-electron chi connectivity index (χ0n) is 14.5. The number of carboxylic acid groups (broad SMARTS) is 1. The molecule has 0 aromatic heterocycles. The molecule has 0 aliphatic carbocycles. The number of aliphatic carboxylic acids is 1. The first-order chi connectivity index (χ1) is 9.65. The van der Waals surface area contributed by atoms with Crippen LogP contribution in [0.15, 0.2) is 0 Å². The highest BCUT2D eigenvalue weighted by Gasteiger charge is 2.31. The van der Waals surface area contributed by atoms with Gasteiger partial charge in [0.2, 0.25) is 0 Å². The number of hydrogen-bond donors (Lipinski definition) is 1. The van der Waals surface area contributed by atoms with Crippen LogP contribution in [0.2, 0.25) is 0 Å². The van der Waals surface area contributed by atoms with E-state index in [1.54, 1.807) is 4.90 Å². The van der Waals surface area contributed by atoms with Gasteiger partial charge in [-0.05, 0) is 40.5 Å². The lowest BCUT2D eigenvalue weighted by atomic mass is 10.1. The number of carbonyl (C=O) groups is 2. The predicted octanol–water partition coefficient (Wildman–Crippen LogP) is 3.58. The smallest absolute Gasteiger partial charge is 0.320 e. The van der Waals surface area contributed by atoms with E-state index in [4.69, 9.17) is 5.11 Å². The van der Waals surface area contributed by atoms with Crippen molar-refractivity contribution in [2.75, 3.05) is 13.1 Å². The van der Waals surface area contributed by atoms with E-state index in [0.717, 1.165) is 25.8 Å². The quantitative estimate of drug-likeness (QED) is 0.745. The van der Waals surface area contributed by atoms with Crippen LogP contribution in [0.1, 0.15) is 67.2 Å². The molecule has 1 N–H and O–H groups in total. The average molecular weight is 300 g/mol. The molecular formula is C16H32N2O3. The van der Waals surface area contributed by atoms with Gasteiger partial charge in [-0.3, -0.25) is 4.79 Å². The van der Waals surface area contributed by atoms with Gasteiger partial charge < -0.3 is 14.9 Å². The third-order valence-electron chi connectivity index (χ3n) is 3.71. The lowest BCUT2D eigenvalue weighted by Crippen LogP contribution is -2.54. The molecule has 5 heteroatoms. The first-order valence-corrected chi connectivity index (χ1v) is 7.95. The molecule has 0 bridgehead atoms. The van der Waals surface area contributed by atoms with Gasteiger partial charge in [-0.2, -0.15) is 0 Å². The second-order valence-electron chi connectivity index (χ2n) is 6.55. The summed E-state index contributed by atoms with van der Waals surface area (Å²) in [6.45, 7) is 13.0. The molecule has 1 unspecified atom stereocenters. The normalized spacial score (nSPS) is 12.9. The van der Waals surface area contributed by atoms with Crippen LogP contribution in [0.25, 0.3) is 0 Å². The number of carbonyl (C=O) groups excluding carboxylic acids is 1. The van der Waals surface area contributed by atoms with Gasteiger partial charge in [-0.1, -0.05) is 20.3 Å². The van der Waals surface area contributed by atoms with Crippen molar-refractivity contribution in [1.29, 1.82) is 0 Å². The number of urea groups is 1. The zero-order chi connectivity index (χ0) is 16.6. The van der Waals surface area contributed by atoms with Gasteiger partial charge in [0.15, 0.2) is 0 Å². The van der Waals surface area contributed by atoms with Crippen LogP contribution in [-0.4, -0.2) is 51.6 Å². The SMILES string of the molecule is CCCCN(C(=O)N(CCC(=O)O)C(C)(C)C)C(C)CC. The summed E-state index contributed by atoms with van der Waals surface area (Å²) >= 11 is 0. The maximum atomic E-state index is 12.9. The molecule has 0 radical (unpaired) electrons. The molecule has 0 aliphatic rings. The third-order valence-corrected chi connectivity index (χ3v) is 3.71. The summed E-state index contributed by atoms with van der Waals surface area (Å²) < 4.78 is 0. The summed E-state index contributed by atoms with van der Waals surface area (Å²) in [5.74, 6) is -0.874. The Kier molecular flexibility index (Phi) is 8.37. The molecule has 0 spiro atoms. The van der Waals surface area contributed by atoms with Gasteiger partial charge in [0.25, 0.3) is 0 Å². The fraction of sp³-hybridized carbons (Fsp3) is 0.875. The minimum atomic E-state index is -0.874. The minimum Gasteiger partial charge on any atom is -0.481 e. The fourth-order valence-electron chi connectivity index (χ4n) is 2.13. The summed E-state index contributed by atoms with van der Waals surface area (Å²) in [5, 5.41) is 8.89. The standard InChI is InChI=1S/C16H32N2O3/c1-7-9-11-17(13(3)8-2)15(21)18(16(4,5)6)12-10-14(19)20/h13H,7-12H2,1-6H3,(H,19,20). The number of unbranched alkanes of at least 4 members (excludes halogenated alkanes) is 1. The molecule has 0 aromatic rings. The van der Waals surface area contributed by atoms with E-state index in [-0.39, 0.29) is 30.6 Å². The van der Waals surface area contributed by atoms with Crippen LogP contribution >= 0.6 is 0 Å². The van der Waals surface area contributed by atoms with Crippen LogP contribution < -0.4 is 0 Å². The van der Waals surface area contributed by atoms with Gasteiger partial charge in [-0.25, -0.2) is 4.79 Å². The lowest BCUT2D eigenvalue weighted by molar-refractivity contribution is -0.137. The number of carboxylic acids is 1. The largest absolute Gasteiger partial charge is 0.481 e. The first kappa shape index (κ1) is 19.7. The van der Waals surface area contributed by atoms with Gasteiger partial charge in [0.05, 0.1) is 6.42 Å². The maximum absolute atomic E-state index is 12.9. The fourth-order valence-corrected chi connectivity index (χ4v) is 2.13. The molecule has 1 atom stereocenters. The second-order valence-corrected chi connectivity index (χ2v) is 6.55. The molecule has 2 amide bonds. The monoisotopic (exact) mass is 300 g/mol. The predicted molar refractivity (Wildman–Crippen MR) is 85.5 cm³/mol. The Bertz CT molecular complexity index is 337. The van der Waals surface area contributed by atoms with E-state index in [1.165, 1.54) is 0 Å². The van der Waals surface area contributed by atoms with Crippen LogP contribution in [0.5, 0.6) is 0 Å². The van der Waals surface area contributed by atoms with E-state index >= 15 is 0 Å². The average Bonchev–Trinajstić information content (AvgIpc) is 2.36. The highest BCUT2D eigenvalue weighted by atomic mass is 16.4. The molecule has 5 nitrogen and oxygen atoms in total. The van der Waals surface area contributed by atoms with E-state index in [1.807, 2.05) is 32.6 Å². The van der Waals surface area contributed by atoms with Crippen LogP contribution in [-0.2, 0) is 4.79 Å². The van der Waals surface area contributed by atoms with Gasteiger partial charge in [0, 0.05) is 24.7 Å². The Morgan fingerprint density at radius 3 is 2.10 bits per heavy atom. The van der Waals surface area contributed by atoms with E-state index in [2.05, 4.69) is 13.8 Å². The van der Waals surface area contributed by atoms with Crippen LogP contribution in [0.3, 0.4) is 0 Å². The zero-order valence-corrected chi connectivity index (χ0v) is 14.5. The first-order valence-electron chi connectivity index (χ1n) is 7.95. The van der Waals surface area contributed by atoms with Crippen molar-refractivity contribution in [1.82, 2.24) is 9.80 Å². The van der Waals surface area contributed by atoms with Crippen molar-refractivity contribution in [3.63, 3.8) is 0 Å². The molecule has 124 valence electrons. The Hall–Kier alpha value is -1.26. The number of rotatable bonds is 8. The molecule has 0 saturated heterocycles. The van der Waals surface area contributed by atoms with Crippen LogP contribution in [0.4, 0.5) is 4.79 Å². The maximum Gasteiger partial charge on any atom is 0.320 e. The molecule has 21 heavy (non-hydrogen) atoms. The lowest BCUT2D eigenvalue weighted by Gasteiger charge is -2.41. The number of hydrogen-bond acceptors (Lipinski definition) is 2.